The number of nitrogens with zero attached hydrogens (tertiary/aromatic N) is 4. The number of hydrogen-bond donors (Lipinski definition) is 0. The van der Waals surface area contributed by atoms with Gasteiger partial charge in [-0.1, -0.05) is 25.4 Å². The minimum Gasteiger partial charge on any atom is -0.362 e. The van der Waals surface area contributed by atoms with Crippen LogP contribution >= 0.6 is 11.6 Å². The van der Waals surface area contributed by atoms with Crippen molar-refractivity contribution in [1.82, 2.24) is 14.6 Å². The summed E-state index contributed by atoms with van der Waals surface area (Å²) in [5, 5.41) is 3.96. The molecule has 0 N–H and O–H groups in total. The Hall–Kier alpha value is -1.64. The molecule has 1 saturated heterocycles. The molecule has 0 spiro atoms. The molecule has 10 heteroatoms. The molecule has 0 bridgehead atoms. The Labute approximate surface area is 150 Å². The fraction of sp³-hybridized carbons (Fsp3) is 0.625. The van der Waals surface area contributed by atoms with Gasteiger partial charge in [0.15, 0.2) is 10.8 Å². The maximum atomic E-state index is 14.3. The van der Waals surface area contributed by atoms with E-state index in [9.17, 15) is 22.0 Å². The predicted octanol–water partition coefficient (Wildman–Crippen LogP) is 4.46. The van der Waals surface area contributed by atoms with E-state index in [1.54, 1.807) is 0 Å². The van der Waals surface area contributed by atoms with Crippen molar-refractivity contribution >= 4 is 22.9 Å². The first-order valence-electron chi connectivity index (χ1n) is 8.12. The monoisotopic (exact) mass is 394 g/mol. The van der Waals surface area contributed by atoms with Gasteiger partial charge in [-0.25, -0.2) is 18.3 Å². The van der Waals surface area contributed by atoms with Crippen LogP contribution in [-0.2, 0) is 5.41 Å². The number of anilines is 1. The Morgan fingerprint density at radius 3 is 2.31 bits per heavy atom. The van der Waals surface area contributed by atoms with Gasteiger partial charge in [0.1, 0.15) is 5.41 Å². The fourth-order valence-corrected chi connectivity index (χ4v) is 3.66. The summed E-state index contributed by atoms with van der Waals surface area (Å²) in [6, 6.07) is 1.37. The molecule has 1 saturated carbocycles. The number of rotatable bonds is 2. The molecule has 26 heavy (non-hydrogen) atoms. The van der Waals surface area contributed by atoms with Gasteiger partial charge in [-0.3, -0.25) is 0 Å². The first-order valence-corrected chi connectivity index (χ1v) is 8.50. The third kappa shape index (κ3) is 2.39. The minimum atomic E-state index is -4.42. The Bertz CT molecular complexity index is 869. The third-order valence-electron chi connectivity index (χ3n) is 5.47. The number of halogens is 6. The van der Waals surface area contributed by atoms with Gasteiger partial charge < -0.3 is 4.90 Å². The molecule has 4 nitrogen and oxygen atoms in total. The van der Waals surface area contributed by atoms with Crippen LogP contribution in [0.15, 0.2) is 12.3 Å². The van der Waals surface area contributed by atoms with E-state index in [1.165, 1.54) is 31.0 Å². The average Bonchev–Trinajstić information content (AvgIpc) is 3.14. The number of hydrogen-bond acceptors (Lipinski definition) is 3. The molecule has 1 aliphatic carbocycles. The first-order chi connectivity index (χ1) is 11.9. The second kappa shape index (κ2) is 4.99. The summed E-state index contributed by atoms with van der Waals surface area (Å²) in [4.78, 5) is 5.54. The summed E-state index contributed by atoms with van der Waals surface area (Å²) in [6.45, 7) is 2.38. The lowest BCUT2D eigenvalue weighted by atomic mass is 9.89. The predicted molar refractivity (Wildman–Crippen MR) is 85.9 cm³/mol. The van der Waals surface area contributed by atoms with Crippen molar-refractivity contribution in [2.24, 2.45) is 5.41 Å². The van der Waals surface area contributed by atoms with Gasteiger partial charge >= 0.3 is 6.18 Å². The van der Waals surface area contributed by atoms with E-state index >= 15 is 0 Å². The molecule has 142 valence electrons. The van der Waals surface area contributed by atoms with Crippen molar-refractivity contribution < 1.29 is 22.0 Å². The standard InChI is InChI=1S/C16H16ClF5N4/c1-13(2)7-25(8-15(13,18)19)9-5-11(17)24-26-6-10(23-12(9)26)14(3-4-14)16(20,21)22/h5-6H,3-4,7-8H2,1-2H3. The van der Waals surface area contributed by atoms with Crippen LogP contribution in [-0.4, -0.2) is 39.8 Å². The van der Waals surface area contributed by atoms with E-state index in [1.807, 2.05) is 0 Å². The zero-order valence-corrected chi connectivity index (χ0v) is 14.8. The maximum Gasteiger partial charge on any atom is 0.400 e. The fourth-order valence-electron chi connectivity index (χ4n) is 3.48. The first kappa shape index (κ1) is 17.8. The zero-order valence-electron chi connectivity index (χ0n) is 14.0. The molecule has 2 aliphatic rings. The molecular weight excluding hydrogens is 379 g/mol. The van der Waals surface area contributed by atoms with Crippen LogP contribution in [0.2, 0.25) is 5.15 Å². The molecule has 2 fully saturated rings. The maximum absolute atomic E-state index is 14.3. The van der Waals surface area contributed by atoms with Gasteiger partial charge in [-0.2, -0.15) is 18.3 Å². The molecular formula is C16H16ClF5N4. The lowest BCUT2D eigenvalue weighted by Crippen LogP contribution is -2.34. The quantitative estimate of drug-likeness (QED) is 0.705. The smallest absolute Gasteiger partial charge is 0.362 e. The normalized spacial score (nSPS) is 23.6. The van der Waals surface area contributed by atoms with Gasteiger partial charge in [-0.15, -0.1) is 0 Å². The number of imidazole rings is 1. The molecule has 2 aromatic rings. The van der Waals surface area contributed by atoms with Crippen LogP contribution < -0.4 is 4.90 Å². The van der Waals surface area contributed by atoms with Crippen molar-refractivity contribution in [3.8, 4) is 0 Å². The highest BCUT2D eigenvalue weighted by Gasteiger charge is 2.65. The molecule has 0 atom stereocenters. The molecule has 1 aliphatic heterocycles. The largest absolute Gasteiger partial charge is 0.400 e. The molecule has 4 rings (SSSR count). The summed E-state index contributed by atoms with van der Waals surface area (Å²) < 4.78 is 69.8. The Morgan fingerprint density at radius 1 is 1.15 bits per heavy atom. The Balaban J connectivity index is 1.82. The van der Waals surface area contributed by atoms with Gasteiger partial charge in [0.05, 0.1) is 24.1 Å². The van der Waals surface area contributed by atoms with Crippen LogP contribution in [0.4, 0.5) is 27.6 Å². The van der Waals surface area contributed by atoms with Gasteiger partial charge in [0.25, 0.3) is 5.92 Å². The molecule has 3 heterocycles. The SMILES string of the molecule is CC1(C)CN(c2cc(Cl)nn3cc(C4(C(F)(F)F)CC4)nc23)CC1(F)F. The van der Waals surface area contributed by atoms with Crippen LogP contribution in [0.25, 0.3) is 5.65 Å². The van der Waals surface area contributed by atoms with Crippen LogP contribution in [0.3, 0.4) is 0 Å². The highest BCUT2D eigenvalue weighted by molar-refractivity contribution is 6.29. The average molecular weight is 395 g/mol. The molecule has 2 aromatic heterocycles. The molecule has 0 amide bonds. The van der Waals surface area contributed by atoms with Crippen molar-refractivity contribution in [3.63, 3.8) is 0 Å². The lowest BCUT2D eigenvalue weighted by Gasteiger charge is -2.24. The second-order valence-electron chi connectivity index (χ2n) is 7.77. The van der Waals surface area contributed by atoms with Crippen molar-refractivity contribution in [2.75, 3.05) is 18.0 Å². The number of alkyl halides is 5. The van der Waals surface area contributed by atoms with Crippen LogP contribution in [0.5, 0.6) is 0 Å². The summed E-state index contributed by atoms with van der Waals surface area (Å²) in [6.07, 6.45) is -3.31. The van der Waals surface area contributed by atoms with E-state index in [0.717, 1.165) is 4.52 Å². The summed E-state index contributed by atoms with van der Waals surface area (Å²) in [5.74, 6) is -2.95. The number of fused-ring (bicyclic) bond motifs is 1. The van der Waals surface area contributed by atoms with Crippen LogP contribution in [0, 0.1) is 5.41 Å². The second-order valence-corrected chi connectivity index (χ2v) is 8.16. The number of aromatic nitrogens is 3. The van der Waals surface area contributed by atoms with Gasteiger partial charge in [0.2, 0.25) is 0 Å². The van der Waals surface area contributed by atoms with E-state index < -0.39 is 29.5 Å². The summed E-state index contributed by atoms with van der Waals surface area (Å²) in [7, 11) is 0. The topological polar surface area (TPSA) is 33.4 Å². The lowest BCUT2D eigenvalue weighted by molar-refractivity contribution is -0.161. The van der Waals surface area contributed by atoms with Crippen molar-refractivity contribution in [3.05, 3.63) is 23.1 Å². The minimum absolute atomic E-state index is 0.00123. The highest BCUT2D eigenvalue weighted by Crippen LogP contribution is 2.58. The zero-order chi connectivity index (χ0) is 19.1. The van der Waals surface area contributed by atoms with E-state index in [2.05, 4.69) is 10.1 Å². The summed E-state index contributed by atoms with van der Waals surface area (Å²) >= 11 is 5.98. The Kier molecular flexibility index (Phi) is 3.41. The molecule has 0 aromatic carbocycles. The highest BCUT2D eigenvalue weighted by atomic mass is 35.5. The van der Waals surface area contributed by atoms with Crippen LogP contribution in [0.1, 0.15) is 32.4 Å². The van der Waals surface area contributed by atoms with Crippen molar-refractivity contribution in [1.29, 1.82) is 0 Å². The summed E-state index contributed by atoms with van der Waals surface area (Å²) in [5.41, 5.74) is -3.03. The van der Waals surface area contributed by atoms with E-state index in [0.29, 0.717) is 0 Å². The van der Waals surface area contributed by atoms with Gasteiger partial charge in [0, 0.05) is 18.0 Å². The molecule has 0 radical (unpaired) electrons. The molecule has 0 unspecified atom stereocenters. The Morgan fingerprint density at radius 2 is 1.81 bits per heavy atom. The van der Waals surface area contributed by atoms with Crippen molar-refractivity contribution in [2.45, 2.75) is 44.2 Å². The van der Waals surface area contributed by atoms with E-state index in [4.69, 9.17) is 11.6 Å². The van der Waals surface area contributed by atoms with E-state index in [-0.39, 0.29) is 41.6 Å². The third-order valence-corrected chi connectivity index (χ3v) is 5.65. The van der Waals surface area contributed by atoms with Gasteiger partial charge in [-0.05, 0) is 12.8 Å².